The lowest BCUT2D eigenvalue weighted by Gasteiger charge is -2.31. The van der Waals surface area contributed by atoms with Gasteiger partial charge in [0.1, 0.15) is 11.6 Å². The number of hydrogen-bond acceptors (Lipinski definition) is 4. The summed E-state index contributed by atoms with van der Waals surface area (Å²) in [5, 5.41) is 1.02. The zero-order valence-corrected chi connectivity index (χ0v) is 16.2. The van der Waals surface area contributed by atoms with E-state index in [0.717, 1.165) is 27.2 Å². The SMILES string of the molecule is Cc1ccc(Sc2ccc(F)cc2F)c(C2CCN(OC(=O)C(F)(F)F)CC2)c1. The van der Waals surface area contributed by atoms with Gasteiger partial charge in [-0.05, 0) is 49.4 Å². The van der Waals surface area contributed by atoms with Crippen molar-refractivity contribution in [1.29, 1.82) is 0 Å². The molecular weight excluding hydrogens is 413 g/mol. The first-order valence-corrected chi connectivity index (χ1v) is 9.72. The molecule has 2 aromatic carbocycles. The summed E-state index contributed by atoms with van der Waals surface area (Å²) in [6.45, 7) is 2.24. The Morgan fingerprint density at radius 2 is 1.72 bits per heavy atom. The molecule has 0 amide bonds. The van der Waals surface area contributed by atoms with Crippen molar-refractivity contribution in [2.45, 2.75) is 41.7 Å². The predicted octanol–water partition coefficient (Wildman–Crippen LogP) is 5.62. The summed E-state index contributed by atoms with van der Waals surface area (Å²) in [6.07, 6.45) is -4.07. The van der Waals surface area contributed by atoms with Crippen molar-refractivity contribution in [3.05, 3.63) is 59.2 Å². The van der Waals surface area contributed by atoms with Crippen molar-refractivity contribution >= 4 is 17.7 Å². The average molecular weight is 431 g/mol. The van der Waals surface area contributed by atoms with Crippen molar-refractivity contribution in [3.63, 3.8) is 0 Å². The van der Waals surface area contributed by atoms with Crippen LogP contribution in [0.4, 0.5) is 22.0 Å². The van der Waals surface area contributed by atoms with E-state index in [0.29, 0.717) is 12.8 Å². The summed E-state index contributed by atoms with van der Waals surface area (Å²) in [7, 11) is 0. The fourth-order valence-electron chi connectivity index (χ4n) is 3.18. The molecule has 0 spiro atoms. The van der Waals surface area contributed by atoms with E-state index < -0.39 is 23.8 Å². The van der Waals surface area contributed by atoms with Crippen LogP contribution in [0, 0.1) is 18.6 Å². The molecule has 0 aromatic heterocycles. The molecule has 0 radical (unpaired) electrons. The highest BCUT2D eigenvalue weighted by atomic mass is 32.2. The molecule has 1 fully saturated rings. The number of hydrogen-bond donors (Lipinski definition) is 0. The lowest BCUT2D eigenvalue weighted by Crippen LogP contribution is -2.39. The van der Waals surface area contributed by atoms with Crippen LogP contribution in [0.15, 0.2) is 46.2 Å². The fraction of sp³-hybridized carbons (Fsp3) is 0.350. The summed E-state index contributed by atoms with van der Waals surface area (Å²) < 4.78 is 64.2. The van der Waals surface area contributed by atoms with Crippen molar-refractivity contribution in [2.75, 3.05) is 13.1 Å². The topological polar surface area (TPSA) is 29.5 Å². The van der Waals surface area contributed by atoms with E-state index in [4.69, 9.17) is 0 Å². The minimum Gasteiger partial charge on any atom is -0.361 e. The molecule has 9 heteroatoms. The Bertz CT molecular complexity index is 895. The number of nitrogens with zero attached hydrogens (tertiary/aromatic N) is 1. The van der Waals surface area contributed by atoms with Crippen molar-refractivity contribution in [1.82, 2.24) is 5.06 Å². The van der Waals surface area contributed by atoms with Gasteiger partial charge >= 0.3 is 12.1 Å². The summed E-state index contributed by atoms with van der Waals surface area (Å²) in [6, 6.07) is 9.09. The van der Waals surface area contributed by atoms with Gasteiger partial charge in [0.15, 0.2) is 0 Å². The largest absolute Gasteiger partial charge is 0.492 e. The second kappa shape index (κ2) is 8.71. The molecule has 0 N–H and O–H groups in total. The van der Waals surface area contributed by atoms with Crippen LogP contribution < -0.4 is 0 Å². The van der Waals surface area contributed by atoms with Crippen LogP contribution in [-0.2, 0) is 9.63 Å². The third-order valence-electron chi connectivity index (χ3n) is 4.62. The van der Waals surface area contributed by atoms with Gasteiger partial charge in [-0.2, -0.15) is 13.2 Å². The minimum atomic E-state index is -5.03. The van der Waals surface area contributed by atoms with Gasteiger partial charge in [0.05, 0.1) is 0 Å². The van der Waals surface area contributed by atoms with Gasteiger partial charge in [-0.25, -0.2) is 13.6 Å². The molecule has 0 aliphatic carbocycles. The lowest BCUT2D eigenvalue weighted by atomic mass is 9.89. The molecule has 1 aliphatic rings. The van der Waals surface area contributed by atoms with E-state index in [1.54, 1.807) is 0 Å². The van der Waals surface area contributed by atoms with Crippen LogP contribution in [0.3, 0.4) is 0 Å². The number of rotatable bonds is 4. The molecule has 1 saturated heterocycles. The van der Waals surface area contributed by atoms with Gasteiger partial charge in [0, 0.05) is 28.9 Å². The number of benzene rings is 2. The molecule has 0 unspecified atom stereocenters. The second-order valence-electron chi connectivity index (χ2n) is 6.80. The van der Waals surface area contributed by atoms with Crippen molar-refractivity contribution < 1.29 is 31.6 Å². The Labute approximate surface area is 168 Å². The van der Waals surface area contributed by atoms with Crippen LogP contribution in [0.2, 0.25) is 0 Å². The quantitative estimate of drug-likeness (QED) is 0.588. The van der Waals surface area contributed by atoms with Crippen molar-refractivity contribution in [2.24, 2.45) is 0 Å². The monoisotopic (exact) mass is 431 g/mol. The molecule has 1 heterocycles. The van der Waals surface area contributed by atoms with Gasteiger partial charge in [-0.3, -0.25) is 0 Å². The van der Waals surface area contributed by atoms with Gasteiger partial charge in [0.2, 0.25) is 0 Å². The molecule has 0 saturated carbocycles. The highest BCUT2D eigenvalue weighted by molar-refractivity contribution is 7.99. The second-order valence-corrected chi connectivity index (χ2v) is 7.88. The van der Waals surface area contributed by atoms with E-state index in [9.17, 15) is 26.7 Å². The van der Waals surface area contributed by atoms with Crippen molar-refractivity contribution in [3.8, 4) is 0 Å². The summed E-state index contributed by atoms with van der Waals surface area (Å²) in [5.74, 6) is -3.52. The Hall–Kier alpha value is -2.13. The normalized spacial score (nSPS) is 16.1. The predicted molar refractivity (Wildman–Crippen MR) is 97.4 cm³/mol. The highest BCUT2D eigenvalue weighted by Gasteiger charge is 2.43. The Kier molecular flexibility index (Phi) is 6.48. The molecule has 1 aliphatic heterocycles. The van der Waals surface area contributed by atoms with Crippen LogP contribution >= 0.6 is 11.8 Å². The number of alkyl halides is 3. The zero-order valence-electron chi connectivity index (χ0n) is 15.4. The Balaban J connectivity index is 1.73. The van der Waals surface area contributed by atoms with Crippen LogP contribution in [0.5, 0.6) is 0 Å². The van der Waals surface area contributed by atoms with Gasteiger partial charge in [-0.1, -0.05) is 29.5 Å². The number of carbonyl (C=O) groups is 1. The number of halogens is 5. The average Bonchev–Trinajstić information content (AvgIpc) is 2.65. The third kappa shape index (κ3) is 5.48. The smallest absolute Gasteiger partial charge is 0.361 e. The summed E-state index contributed by atoms with van der Waals surface area (Å²) >= 11 is 1.18. The van der Waals surface area contributed by atoms with Gasteiger partial charge in [0.25, 0.3) is 0 Å². The molecule has 156 valence electrons. The molecule has 29 heavy (non-hydrogen) atoms. The maximum Gasteiger partial charge on any atom is 0.492 e. The van der Waals surface area contributed by atoms with Gasteiger partial charge in [-0.15, -0.1) is 5.06 Å². The minimum absolute atomic E-state index is 0.0155. The summed E-state index contributed by atoms with van der Waals surface area (Å²) in [5.41, 5.74) is 1.94. The molecule has 0 atom stereocenters. The summed E-state index contributed by atoms with van der Waals surface area (Å²) in [4.78, 5) is 16.5. The molecule has 0 bridgehead atoms. The third-order valence-corrected chi connectivity index (χ3v) is 5.76. The first kappa shape index (κ1) is 21.6. The lowest BCUT2D eigenvalue weighted by molar-refractivity contribution is -0.241. The van der Waals surface area contributed by atoms with Crippen LogP contribution in [0.1, 0.15) is 29.9 Å². The molecular formula is C20H18F5NO2S. The van der Waals surface area contributed by atoms with E-state index in [2.05, 4.69) is 4.84 Å². The van der Waals surface area contributed by atoms with Crippen LogP contribution in [0.25, 0.3) is 0 Å². The standard InChI is InChI=1S/C20H18F5NO2S/c1-12-2-4-17(29-18-5-3-14(21)11-16(18)22)15(10-12)13-6-8-26(9-7-13)28-19(27)20(23,24)25/h2-5,10-11,13H,6-9H2,1H3. The number of hydroxylamine groups is 2. The first-order valence-electron chi connectivity index (χ1n) is 8.91. The maximum absolute atomic E-state index is 14.1. The number of piperidine rings is 1. The van der Waals surface area contributed by atoms with E-state index in [-0.39, 0.29) is 23.9 Å². The zero-order chi connectivity index (χ0) is 21.2. The Morgan fingerprint density at radius 1 is 1.07 bits per heavy atom. The van der Waals surface area contributed by atoms with Crippen LogP contribution in [-0.4, -0.2) is 30.3 Å². The highest BCUT2D eigenvalue weighted by Crippen LogP contribution is 2.39. The van der Waals surface area contributed by atoms with E-state index in [1.807, 2.05) is 25.1 Å². The molecule has 3 nitrogen and oxygen atoms in total. The number of aryl methyl sites for hydroxylation is 1. The number of carbonyl (C=O) groups excluding carboxylic acids is 1. The first-order chi connectivity index (χ1) is 13.6. The molecule has 3 rings (SSSR count). The van der Waals surface area contributed by atoms with E-state index >= 15 is 0 Å². The maximum atomic E-state index is 14.1. The Morgan fingerprint density at radius 3 is 2.34 bits per heavy atom. The van der Waals surface area contributed by atoms with E-state index in [1.165, 1.54) is 23.9 Å². The fourth-order valence-corrected chi connectivity index (χ4v) is 4.19. The molecule has 2 aromatic rings. The van der Waals surface area contributed by atoms with Gasteiger partial charge < -0.3 is 4.84 Å².